The maximum atomic E-state index is 11.2. The van der Waals surface area contributed by atoms with Crippen LogP contribution in [0.1, 0.15) is 18.5 Å². The number of benzene rings is 1. The molecule has 29 heavy (non-hydrogen) atoms. The van der Waals surface area contributed by atoms with Gasteiger partial charge in [-0.3, -0.25) is 4.98 Å². The summed E-state index contributed by atoms with van der Waals surface area (Å²) < 4.78 is 2.09. The summed E-state index contributed by atoms with van der Waals surface area (Å²) in [5, 5.41) is 13.6. The van der Waals surface area contributed by atoms with Gasteiger partial charge in [0.2, 0.25) is 0 Å². The number of nitrogens with one attached hydrogen (secondary N) is 1. The predicted molar refractivity (Wildman–Crippen MR) is 111 cm³/mol. The molecule has 0 saturated heterocycles. The number of aromatic nitrogens is 4. The molecule has 0 fully saturated rings. The van der Waals surface area contributed by atoms with E-state index in [0.717, 1.165) is 58.0 Å². The van der Waals surface area contributed by atoms with Crippen molar-refractivity contribution in [3.63, 3.8) is 0 Å². The Labute approximate surface area is 166 Å². The van der Waals surface area contributed by atoms with Crippen LogP contribution in [0.4, 0.5) is 10.6 Å². The smallest absolute Gasteiger partial charge is 0.404 e. The van der Waals surface area contributed by atoms with Gasteiger partial charge in [0.1, 0.15) is 17.8 Å². The third-order valence-electron chi connectivity index (χ3n) is 5.55. The van der Waals surface area contributed by atoms with Crippen LogP contribution in [0.15, 0.2) is 42.9 Å². The van der Waals surface area contributed by atoms with E-state index in [1.54, 1.807) is 0 Å². The van der Waals surface area contributed by atoms with Crippen LogP contribution in [0.5, 0.6) is 0 Å². The topological polar surface area (TPSA) is 119 Å². The molecule has 4 heterocycles. The van der Waals surface area contributed by atoms with Crippen molar-refractivity contribution in [2.24, 2.45) is 0 Å². The molecule has 8 heteroatoms. The summed E-state index contributed by atoms with van der Waals surface area (Å²) >= 11 is 0. The lowest BCUT2D eigenvalue weighted by molar-refractivity contribution is 0.188. The minimum atomic E-state index is -1.01. The highest BCUT2D eigenvalue weighted by molar-refractivity contribution is 6.03. The number of amides is 1. The second-order valence-electron chi connectivity index (χ2n) is 7.35. The van der Waals surface area contributed by atoms with E-state index in [0.29, 0.717) is 12.4 Å². The molecule has 4 aromatic rings. The fourth-order valence-electron chi connectivity index (χ4n) is 4.34. The van der Waals surface area contributed by atoms with Crippen LogP contribution in [0.25, 0.3) is 33.1 Å². The number of nitrogens with zero attached hydrogens (tertiary/aromatic N) is 4. The van der Waals surface area contributed by atoms with Crippen molar-refractivity contribution in [3.05, 3.63) is 48.5 Å². The van der Waals surface area contributed by atoms with Crippen molar-refractivity contribution in [1.82, 2.24) is 24.8 Å². The van der Waals surface area contributed by atoms with Gasteiger partial charge in [0.25, 0.3) is 0 Å². The standard InChI is InChI=1S/C21H20N6O2/c22-19-18-17(13-8-12-4-1-2-6-15(12)23-9-13)16-7-3-5-14(26-21(28)29)10-27(16)20(18)25-11-24-19/h1-2,4,6,8-9,11,14,26H,3,5,7,10H2,(H,28,29)(H2,22,24,25). The Morgan fingerprint density at radius 3 is 2.97 bits per heavy atom. The van der Waals surface area contributed by atoms with Gasteiger partial charge in [0.05, 0.1) is 16.9 Å². The summed E-state index contributed by atoms with van der Waals surface area (Å²) in [4.78, 5) is 24.5. The fraction of sp³-hybridized carbons (Fsp3) is 0.238. The summed E-state index contributed by atoms with van der Waals surface area (Å²) in [5.41, 5.74) is 11.0. The molecular weight excluding hydrogens is 368 g/mol. The molecule has 146 valence electrons. The number of pyridine rings is 1. The number of hydrogen-bond acceptors (Lipinski definition) is 5. The number of nitrogens with two attached hydrogens (primary N) is 1. The number of para-hydroxylation sites is 1. The Balaban J connectivity index is 1.75. The molecule has 0 spiro atoms. The zero-order valence-corrected chi connectivity index (χ0v) is 15.7. The molecule has 3 aromatic heterocycles. The predicted octanol–water partition coefficient (Wildman–Crippen LogP) is 3.20. The molecule has 1 unspecified atom stereocenters. The first-order valence-electron chi connectivity index (χ1n) is 9.58. The molecule has 0 aliphatic carbocycles. The van der Waals surface area contributed by atoms with Crippen molar-refractivity contribution in [1.29, 1.82) is 0 Å². The highest BCUT2D eigenvalue weighted by atomic mass is 16.4. The average Bonchev–Trinajstić information content (AvgIpc) is 2.87. The van der Waals surface area contributed by atoms with E-state index in [9.17, 15) is 9.90 Å². The Morgan fingerprint density at radius 1 is 1.24 bits per heavy atom. The third kappa shape index (κ3) is 2.93. The number of rotatable bonds is 2. The minimum absolute atomic E-state index is 0.178. The second kappa shape index (κ2) is 6.73. The molecular formula is C21H20N6O2. The summed E-state index contributed by atoms with van der Waals surface area (Å²) in [7, 11) is 0. The number of hydrogen-bond donors (Lipinski definition) is 3. The molecule has 8 nitrogen and oxygen atoms in total. The van der Waals surface area contributed by atoms with Crippen molar-refractivity contribution < 1.29 is 9.90 Å². The Morgan fingerprint density at radius 2 is 2.10 bits per heavy atom. The summed E-state index contributed by atoms with van der Waals surface area (Å²) in [6.45, 7) is 0.510. The molecule has 0 bridgehead atoms. The number of carbonyl (C=O) groups is 1. The van der Waals surface area contributed by atoms with E-state index in [1.807, 2.05) is 30.5 Å². The van der Waals surface area contributed by atoms with E-state index < -0.39 is 6.09 Å². The van der Waals surface area contributed by atoms with Crippen LogP contribution in [-0.4, -0.2) is 36.8 Å². The second-order valence-corrected chi connectivity index (χ2v) is 7.35. The third-order valence-corrected chi connectivity index (χ3v) is 5.55. The average molecular weight is 388 g/mol. The van der Waals surface area contributed by atoms with Crippen molar-refractivity contribution in [2.75, 3.05) is 5.73 Å². The van der Waals surface area contributed by atoms with Gasteiger partial charge in [0.15, 0.2) is 0 Å². The molecule has 4 N–H and O–H groups in total. The molecule has 1 atom stereocenters. The maximum absolute atomic E-state index is 11.2. The lowest BCUT2D eigenvalue weighted by atomic mass is 10.00. The van der Waals surface area contributed by atoms with E-state index in [4.69, 9.17) is 5.73 Å². The van der Waals surface area contributed by atoms with Gasteiger partial charge >= 0.3 is 6.09 Å². The van der Waals surface area contributed by atoms with Crippen LogP contribution in [0, 0.1) is 0 Å². The van der Waals surface area contributed by atoms with Gasteiger partial charge in [-0.05, 0) is 31.4 Å². The maximum Gasteiger partial charge on any atom is 0.404 e. The molecule has 1 aliphatic heterocycles. The number of nitrogen functional groups attached to an aromatic ring is 1. The summed E-state index contributed by atoms with van der Waals surface area (Å²) in [5.74, 6) is 0.418. The Hall–Kier alpha value is -3.68. The number of carboxylic acid groups (broad SMARTS) is 1. The molecule has 1 aliphatic rings. The van der Waals surface area contributed by atoms with Crippen molar-refractivity contribution in [3.8, 4) is 11.1 Å². The summed E-state index contributed by atoms with van der Waals surface area (Å²) in [6, 6.07) is 9.92. The zero-order valence-electron chi connectivity index (χ0n) is 15.7. The van der Waals surface area contributed by atoms with Gasteiger partial charge in [-0.15, -0.1) is 0 Å². The van der Waals surface area contributed by atoms with Crippen LogP contribution >= 0.6 is 0 Å². The quantitative estimate of drug-likeness (QED) is 0.485. The van der Waals surface area contributed by atoms with Gasteiger partial charge in [-0.1, -0.05) is 18.2 Å². The normalized spacial score (nSPS) is 16.5. The van der Waals surface area contributed by atoms with Crippen LogP contribution < -0.4 is 11.1 Å². The molecule has 5 rings (SSSR count). The first-order valence-corrected chi connectivity index (χ1v) is 9.58. The highest BCUT2D eigenvalue weighted by Gasteiger charge is 2.27. The Kier molecular flexibility index (Phi) is 4.04. The number of anilines is 1. The molecule has 1 aromatic carbocycles. The lowest BCUT2D eigenvalue weighted by Crippen LogP contribution is -2.36. The lowest BCUT2D eigenvalue weighted by Gasteiger charge is -2.15. The summed E-state index contributed by atoms with van der Waals surface area (Å²) in [6.07, 6.45) is 4.74. The Bertz CT molecular complexity index is 1250. The zero-order chi connectivity index (χ0) is 20.0. The van der Waals surface area contributed by atoms with Crippen LogP contribution in [0.2, 0.25) is 0 Å². The highest BCUT2D eigenvalue weighted by Crippen LogP contribution is 2.39. The largest absolute Gasteiger partial charge is 0.465 e. The van der Waals surface area contributed by atoms with Crippen molar-refractivity contribution >= 4 is 33.8 Å². The number of fused-ring (bicyclic) bond motifs is 4. The molecule has 1 amide bonds. The van der Waals surface area contributed by atoms with Crippen molar-refractivity contribution in [2.45, 2.75) is 31.8 Å². The van der Waals surface area contributed by atoms with Crippen LogP contribution in [-0.2, 0) is 13.0 Å². The first kappa shape index (κ1) is 17.4. The van der Waals surface area contributed by atoms with Gasteiger partial charge in [-0.25, -0.2) is 14.8 Å². The van der Waals surface area contributed by atoms with E-state index in [-0.39, 0.29) is 6.04 Å². The SMILES string of the molecule is Nc1ncnc2c1c(-c1cnc3ccccc3c1)c1n2CC(NC(=O)O)CCC1. The van der Waals surface area contributed by atoms with E-state index >= 15 is 0 Å². The van der Waals surface area contributed by atoms with Gasteiger partial charge in [-0.2, -0.15) is 0 Å². The van der Waals surface area contributed by atoms with Gasteiger partial charge in [0, 0.05) is 34.9 Å². The van der Waals surface area contributed by atoms with E-state index in [1.165, 1.54) is 6.33 Å². The van der Waals surface area contributed by atoms with Gasteiger partial charge < -0.3 is 20.7 Å². The molecule has 0 radical (unpaired) electrons. The fourth-order valence-corrected chi connectivity index (χ4v) is 4.34. The first-order chi connectivity index (χ1) is 14.1. The van der Waals surface area contributed by atoms with Crippen LogP contribution in [0.3, 0.4) is 0 Å². The van der Waals surface area contributed by atoms with E-state index in [2.05, 4.69) is 30.9 Å². The monoisotopic (exact) mass is 388 g/mol. The molecule has 0 saturated carbocycles. The minimum Gasteiger partial charge on any atom is -0.465 e.